The van der Waals surface area contributed by atoms with Crippen LogP contribution in [0, 0.1) is 0 Å². The molecule has 0 aliphatic carbocycles. The highest BCUT2D eigenvalue weighted by Gasteiger charge is 2.24. The average Bonchev–Trinajstić information content (AvgIpc) is 3.51. The van der Waals surface area contributed by atoms with Gasteiger partial charge >= 0.3 is 6.03 Å². The summed E-state index contributed by atoms with van der Waals surface area (Å²) >= 11 is 12.4. The van der Waals surface area contributed by atoms with E-state index in [1.165, 1.54) is 29.6 Å². The molecule has 176 valence electrons. The third kappa shape index (κ3) is 4.64. The van der Waals surface area contributed by atoms with Crippen LogP contribution in [0.5, 0.6) is 0 Å². The van der Waals surface area contributed by atoms with E-state index in [-0.39, 0.29) is 10.2 Å². The molecule has 0 aliphatic heterocycles. The van der Waals surface area contributed by atoms with E-state index in [2.05, 4.69) is 35.9 Å². The maximum absolute atomic E-state index is 12.9. The highest BCUT2D eigenvalue weighted by molar-refractivity contribution is 6.32. The molecular formula is C22H17Cl2N9O2. The molecule has 13 heteroatoms. The van der Waals surface area contributed by atoms with Gasteiger partial charge in [0, 0.05) is 13.2 Å². The normalized spacial score (nSPS) is 12.0. The van der Waals surface area contributed by atoms with Crippen molar-refractivity contribution in [3.05, 3.63) is 88.7 Å². The number of nitrogens with zero attached hydrogens (tertiary/aromatic N) is 7. The molecule has 4 heterocycles. The van der Waals surface area contributed by atoms with Crippen molar-refractivity contribution >= 4 is 46.3 Å². The summed E-state index contributed by atoms with van der Waals surface area (Å²) in [6.45, 7) is 0. The number of amides is 2. The number of aromatic nitrogens is 7. The molecule has 0 bridgehead atoms. The molecule has 35 heavy (non-hydrogen) atoms. The number of anilines is 2. The summed E-state index contributed by atoms with van der Waals surface area (Å²) in [7, 11) is 1.57. The predicted octanol–water partition coefficient (Wildman–Crippen LogP) is 4.39. The average molecular weight is 510 g/mol. The van der Waals surface area contributed by atoms with Gasteiger partial charge in [-0.3, -0.25) is 0 Å². The Hall–Kier alpha value is -4.06. The summed E-state index contributed by atoms with van der Waals surface area (Å²) in [4.78, 5) is 22.8. The Bertz CT molecular complexity index is 1490. The van der Waals surface area contributed by atoms with Gasteiger partial charge in [-0.15, -0.1) is 4.80 Å². The van der Waals surface area contributed by atoms with Crippen molar-refractivity contribution in [2.75, 3.05) is 17.7 Å². The zero-order valence-electron chi connectivity index (χ0n) is 18.1. The Balaban J connectivity index is 1.45. The minimum atomic E-state index is -0.565. The number of hydrogen-bond donors (Lipinski definition) is 2. The molecule has 4 aromatic heterocycles. The molecule has 5 rings (SSSR count). The second-order valence-electron chi connectivity index (χ2n) is 7.25. The van der Waals surface area contributed by atoms with Crippen LogP contribution in [0.3, 0.4) is 0 Å². The summed E-state index contributed by atoms with van der Waals surface area (Å²) in [6.07, 6.45) is 5.42. The van der Waals surface area contributed by atoms with E-state index in [9.17, 15) is 4.79 Å². The maximum atomic E-state index is 12.9. The van der Waals surface area contributed by atoms with Crippen molar-refractivity contribution in [1.82, 2.24) is 34.6 Å². The van der Waals surface area contributed by atoms with Crippen LogP contribution >= 0.6 is 23.2 Å². The number of pyridine rings is 1. The van der Waals surface area contributed by atoms with Crippen LogP contribution in [0.4, 0.5) is 16.2 Å². The first-order chi connectivity index (χ1) is 17.0. The molecule has 0 spiro atoms. The van der Waals surface area contributed by atoms with Gasteiger partial charge in [-0.05, 0) is 11.6 Å². The molecule has 5 aromatic rings. The molecule has 11 nitrogen and oxygen atoms in total. The van der Waals surface area contributed by atoms with Crippen molar-refractivity contribution in [3.8, 4) is 5.82 Å². The van der Waals surface area contributed by atoms with E-state index < -0.39 is 12.1 Å². The fourth-order valence-corrected chi connectivity index (χ4v) is 3.98. The number of carbonyl (C=O) groups excluding carboxylic acids is 1. The molecule has 0 fully saturated rings. The Morgan fingerprint density at radius 3 is 2.51 bits per heavy atom. The molecule has 1 atom stereocenters. The number of urea groups is 1. The molecule has 1 aromatic carbocycles. The minimum Gasteiger partial charge on any atom is -0.370 e. The Morgan fingerprint density at radius 2 is 1.80 bits per heavy atom. The lowest BCUT2D eigenvalue weighted by Gasteiger charge is -2.21. The van der Waals surface area contributed by atoms with Crippen molar-refractivity contribution in [3.63, 3.8) is 0 Å². The first kappa shape index (κ1) is 22.7. The molecule has 0 saturated carbocycles. The van der Waals surface area contributed by atoms with Crippen LogP contribution in [0.15, 0.2) is 67.3 Å². The fourth-order valence-electron chi connectivity index (χ4n) is 3.56. The van der Waals surface area contributed by atoms with E-state index in [1.54, 1.807) is 23.8 Å². The van der Waals surface area contributed by atoms with E-state index in [1.807, 2.05) is 30.3 Å². The Morgan fingerprint density at radius 1 is 1.03 bits per heavy atom. The van der Waals surface area contributed by atoms with E-state index >= 15 is 0 Å². The number of nitrogens with one attached hydrogen (secondary N) is 2. The fraction of sp³-hybridized carbons (Fsp3) is 0.0909. The molecule has 0 aliphatic rings. The number of fused-ring (bicyclic) bond motifs is 1. The zero-order valence-corrected chi connectivity index (χ0v) is 19.6. The van der Waals surface area contributed by atoms with Crippen molar-refractivity contribution in [2.24, 2.45) is 0 Å². The second-order valence-corrected chi connectivity index (χ2v) is 8.04. The highest BCUT2D eigenvalue weighted by atomic mass is 35.5. The Kier molecular flexibility index (Phi) is 6.27. The third-order valence-corrected chi connectivity index (χ3v) is 5.48. The van der Waals surface area contributed by atoms with Crippen molar-refractivity contribution in [2.45, 2.75) is 6.10 Å². The molecule has 2 N–H and O–H groups in total. The van der Waals surface area contributed by atoms with E-state index in [0.29, 0.717) is 28.5 Å². The molecule has 0 radical (unpaired) electrons. The number of halogens is 2. The van der Waals surface area contributed by atoms with Crippen molar-refractivity contribution in [1.29, 1.82) is 0 Å². The second kappa shape index (κ2) is 9.66. The molecular weight excluding hydrogens is 493 g/mol. The maximum Gasteiger partial charge on any atom is 0.323 e. The van der Waals surface area contributed by atoms with Crippen LogP contribution in [0.2, 0.25) is 10.2 Å². The molecule has 1 unspecified atom stereocenters. The summed E-state index contributed by atoms with van der Waals surface area (Å²) in [5.41, 5.74) is 2.65. The largest absolute Gasteiger partial charge is 0.370 e. The predicted molar refractivity (Wildman–Crippen MR) is 130 cm³/mol. The van der Waals surface area contributed by atoms with E-state index in [0.717, 1.165) is 5.56 Å². The van der Waals surface area contributed by atoms with Gasteiger partial charge in [0.25, 0.3) is 0 Å². The lowest BCUT2D eigenvalue weighted by molar-refractivity contribution is 0.131. The summed E-state index contributed by atoms with van der Waals surface area (Å²) in [5.74, 6) is 0.334. The SMILES string of the molecule is COC(c1ccccc1)c1c(NC(=O)Nc2cnc(-n3nccn3)c(Cl)c2)cnc2cc(Cl)nn12. The standard InChI is InChI=1S/C22H17Cl2N9O2/c1-35-20(13-5-3-2-4-6-13)19-16(12-25-18-10-17(24)31-32(18)19)30-22(34)29-14-9-15(23)21(26-11-14)33-27-7-8-28-33/h2-12,20H,1H3,(H2,29,30,34). The third-order valence-electron chi connectivity index (χ3n) is 5.01. The molecule has 0 saturated heterocycles. The van der Waals surface area contributed by atoms with E-state index in [4.69, 9.17) is 27.9 Å². The summed E-state index contributed by atoms with van der Waals surface area (Å²) in [5, 5.41) is 18.4. The number of rotatable bonds is 6. The topological polar surface area (TPSA) is 124 Å². The smallest absolute Gasteiger partial charge is 0.323 e. The number of benzene rings is 1. The van der Waals surface area contributed by atoms with Gasteiger partial charge in [-0.25, -0.2) is 19.3 Å². The lowest BCUT2D eigenvalue weighted by atomic mass is 10.1. The van der Waals surface area contributed by atoms with Gasteiger partial charge in [0.2, 0.25) is 0 Å². The summed E-state index contributed by atoms with van der Waals surface area (Å²) in [6, 6.07) is 12.2. The van der Waals surface area contributed by atoms with Crippen LogP contribution in [0.25, 0.3) is 11.5 Å². The van der Waals surface area contributed by atoms with Gasteiger partial charge in [-0.2, -0.15) is 15.3 Å². The van der Waals surface area contributed by atoms with Crippen LogP contribution in [-0.4, -0.2) is 47.7 Å². The van der Waals surface area contributed by atoms with Crippen LogP contribution in [0.1, 0.15) is 17.4 Å². The van der Waals surface area contributed by atoms with Crippen LogP contribution < -0.4 is 10.6 Å². The van der Waals surface area contributed by atoms with Crippen molar-refractivity contribution < 1.29 is 9.53 Å². The first-order valence-electron chi connectivity index (χ1n) is 10.3. The van der Waals surface area contributed by atoms with Gasteiger partial charge in [-0.1, -0.05) is 53.5 Å². The zero-order chi connectivity index (χ0) is 24.4. The summed E-state index contributed by atoms with van der Waals surface area (Å²) < 4.78 is 7.34. The first-order valence-corrected chi connectivity index (χ1v) is 11.0. The molecule has 2 amide bonds. The minimum absolute atomic E-state index is 0.260. The number of carbonyl (C=O) groups is 1. The van der Waals surface area contributed by atoms with Gasteiger partial charge < -0.3 is 15.4 Å². The number of methoxy groups -OCH3 is 1. The number of hydrogen-bond acceptors (Lipinski definition) is 7. The lowest BCUT2D eigenvalue weighted by Crippen LogP contribution is -2.23. The van der Waals surface area contributed by atoms with Gasteiger partial charge in [0.1, 0.15) is 11.8 Å². The number of ether oxygens (including phenoxy) is 1. The highest BCUT2D eigenvalue weighted by Crippen LogP contribution is 2.32. The quantitative estimate of drug-likeness (QED) is 0.347. The van der Waals surface area contributed by atoms with Crippen LogP contribution in [-0.2, 0) is 4.74 Å². The van der Waals surface area contributed by atoms with Gasteiger partial charge in [0.15, 0.2) is 16.6 Å². The monoisotopic (exact) mass is 509 g/mol. The van der Waals surface area contributed by atoms with Gasteiger partial charge in [0.05, 0.1) is 41.2 Å². The Labute approximate surface area is 208 Å².